The van der Waals surface area contributed by atoms with Gasteiger partial charge in [-0.1, -0.05) is 6.07 Å². The molecule has 0 heterocycles. The molecule has 1 aromatic rings. The molecule has 1 fully saturated rings. The second kappa shape index (κ2) is 6.44. The van der Waals surface area contributed by atoms with Crippen LogP contribution in [-0.4, -0.2) is 25.8 Å². The molecule has 0 amide bonds. The lowest BCUT2D eigenvalue weighted by Crippen LogP contribution is -2.42. The number of benzene rings is 1. The first-order valence-corrected chi connectivity index (χ1v) is 6.88. The van der Waals surface area contributed by atoms with Gasteiger partial charge in [0.2, 0.25) is 0 Å². The van der Waals surface area contributed by atoms with Gasteiger partial charge >= 0.3 is 0 Å². The monoisotopic (exact) mass is 269 g/mol. The van der Waals surface area contributed by atoms with E-state index in [1.807, 2.05) is 14.0 Å². The predicted octanol–water partition coefficient (Wildman–Crippen LogP) is 2.91. The Morgan fingerprint density at radius 2 is 2.11 bits per heavy atom. The van der Waals surface area contributed by atoms with Crippen LogP contribution in [0.5, 0.6) is 0 Å². The lowest BCUT2D eigenvalue weighted by Gasteiger charge is -2.27. The summed E-state index contributed by atoms with van der Waals surface area (Å²) in [7, 11) is 1.86. The molecule has 0 aromatic heterocycles. The van der Waals surface area contributed by atoms with Gasteiger partial charge in [0.15, 0.2) is 0 Å². The van der Waals surface area contributed by atoms with Crippen LogP contribution in [-0.2, 0) is 11.2 Å². The Balaban J connectivity index is 2.08. The SMILES string of the molecule is CCOC(C1CC1)C(Cc1ccc(F)cc1F)NC. The molecule has 19 heavy (non-hydrogen) atoms. The summed E-state index contributed by atoms with van der Waals surface area (Å²) in [6.45, 7) is 2.63. The summed E-state index contributed by atoms with van der Waals surface area (Å²) < 4.78 is 32.4. The highest BCUT2D eigenvalue weighted by Crippen LogP contribution is 2.36. The number of hydrogen-bond donors (Lipinski definition) is 1. The van der Waals surface area contributed by atoms with E-state index in [4.69, 9.17) is 4.74 Å². The van der Waals surface area contributed by atoms with E-state index in [1.165, 1.54) is 25.0 Å². The average Bonchev–Trinajstić information content (AvgIpc) is 3.20. The zero-order valence-electron chi connectivity index (χ0n) is 11.5. The molecule has 1 saturated carbocycles. The van der Waals surface area contributed by atoms with Gasteiger partial charge in [0.25, 0.3) is 0 Å². The fourth-order valence-corrected chi connectivity index (χ4v) is 2.50. The van der Waals surface area contributed by atoms with E-state index in [1.54, 1.807) is 0 Å². The van der Waals surface area contributed by atoms with Gasteiger partial charge in [-0.15, -0.1) is 0 Å². The molecule has 0 spiro atoms. The van der Waals surface area contributed by atoms with E-state index >= 15 is 0 Å². The molecule has 2 atom stereocenters. The first-order valence-electron chi connectivity index (χ1n) is 6.88. The third kappa shape index (κ3) is 3.74. The minimum atomic E-state index is -0.536. The third-order valence-corrected chi connectivity index (χ3v) is 3.67. The molecule has 0 bridgehead atoms. The molecule has 1 aliphatic carbocycles. The van der Waals surface area contributed by atoms with Crippen LogP contribution in [0.4, 0.5) is 8.78 Å². The lowest BCUT2D eigenvalue weighted by atomic mass is 9.98. The van der Waals surface area contributed by atoms with E-state index in [0.717, 1.165) is 6.07 Å². The standard InChI is InChI=1S/C15H21F2NO/c1-3-19-15(10-4-5-10)14(18-2)8-11-6-7-12(16)9-13(11)17/h6-7,9-10,14-15,18H,3-5,8H2,1-2H3. The van der Waals surface area contributed by atoms with Crippen molar-refractivity contribution in [2.45, 2.75) is 38.3 Å². The molecule has 1 aliphatic rings. The molecule has 0 radical (unpaired) electrons. The molecular formula is C15H21F2NO. The molecule has 1 N–H and O–H groups in total. The minimum Gasteiger partial charge on any atom is -0.377 e. The zero-order valence-corrected chi connectivity index (χ0v) is 11.5. The quantitative estimate of drug-likeness (QED) is 0.822. The summed E-state index contributed by atoms with van der Waals surface area (Å²) in [5.74, 6) is -0.446. The van der Waals surface area contributed by atoms with E-state index in [2.05, 4.69) is 5.32 Å². The van der Waals surface area contributed by atoms with Gasteiger partial charge in [-0.05, 0) is 50.8 Å². The van der Waals surface area contributed by atoms with Gasteiger partial charge in [-0.25, -0.2) is 8.78 Å². The Morgan fingerprint density at radius 3 is 2.63 bits per heavy atom. The number of hydrogen-bond acceptors (Lipinski definition) is 2. The van der Waals surface area contributed by atoms with Crippen LogP contribution >= 0.6 is 0 Å². The van der Waals surface area contributed by atoms with Crippen LogP contribution in [0.2, 0.25) is 0 Å². The van der Waals surface area contributed by atoms with Crippen molar-refractivity contribution in [3.05, 3.63) is 35.4 Å². The molecular weight excluding hydrogens is 248 g/mol. The van der Waals surface area contributed by atoms with Crippen molar-refractivity contribution in [1.29, 1.82) is 0 Å². The summed E-state index contributed by atoms with van der Waals surface area (Å²) in [5, 5.41) is 3.21. The largest absolute Gasteiger partial charge is 0.377 e. The van der Waals surface area contributed by atoms with Crippen molar-refractivity contribution < 1.29 is 13.5 Å². The average molecular weight is 269 g/mol. The van der Waals surface area contributed by atoms with Gasteiger partial charge in [-0.3, -0.25) is 0 Å². The maximum absolute atomic E-state index is 13.7. The first kappa shape index (κ1) is 14.4. The maximum Gasteiger partial charge on any atom is 0.129 e. The highest BCUT2D eigenvalue weighted by atomic mass is 19.1. The fourth-order valence-electron chi connectivity index (χ4n) is 2.50. The molecule has 106 valence electrons. The molecule has 2 nitrogen and oxygen atoms in total. The molecule has 0 saturated heterocycles. The van der Waals surface area contributed by atoms with Crippen molar-refractivity contribution in [1.82, 2.24) is 5.32 Å². The van der Waals surface area contributed by atoms with Crippen molar-refractivity contribution in [3.8, 4) is 0 Å². The molecule has 2 rings (SSSR count). The zero-order chi connectivity index (χ0) is 13.8. The number of nitrogens with one attached hydrogen (secondary N) is 1. The van der Waals surface area contributed by atoms with Crippen LogP contribution in [0.15, 0.2) is 18.2 Å². The topological polar surface area (TPSA) is 21.3 Å². The third-order valence-electron chi connectivity index (χ3n) is 3.67. The van der Waals surface area contributed by atoms with Gasteiger partial charge in [-0.2, -0.15) is 0 Å². The smallest absolute Gasteiger partial charge is 0.129 e. The van der Waals surface area contributed by atoms with E-state index < -0.39 is 11.6 Å². The highest BCUT2D eigenvalue weighted by Gasteiger charge is 2.36. The molecule has 0 aliphatic heterocycles. The van der Waals surface area contributed by atoms with E-state index in [-0.39, 0.29) is 12.1 Å². The van der Waals surface area contributed by atoms with Crippen LogP contribution < -0.4 is 5.32 Å². The summed E-state index contributed by atoms with van der Waals surface area (Å²) in [6.07, 6.45) is 2.98. The van der Waals surface area contributed by atoms with Crippen LogP contribution in [0.3, 0.4) is 0 Å². The number of ether oxygens (including phenoxy) is 1. The minimum absolute atomic E-state index is 0.0624. The van der Waals surface area contributed by atoms with Crippen LogP contribution in [0.25, 0.3) is 0 Å². The summed E-state index contributed by atoms with van der Waals surface area (Å²) >= 11 is 0. The normalized spacial score (nSPS) is 18.3. The Morgan fingerprint density at radius 1 is 1.37 bits per heavy atom. The second-order valence-corrected chi connectivity index (χ2v) is 5.09. The van der Waals surface area contributed by atoms with Gasteiger partial charge in [0, 0.05) is 18.7 Å². The molecule has 2 unspecified atom stereocenters. The van der Waals surface area contributed by atoms with Gasteiger partial charge in [0.05, 0.1) is 6.10 Å². The van der Waals surface area contributed by atoms with Crippen molar-refractivity contribution >= 4 is 0 Å². The van der Waals surface area contributed by atoms with E-state index in [9.17, 15) is 8.78 Å². The lowest BCUT2D eigenvalue weighted by molar-refractivity contribution is 0.0209. The second-order valence-electron chi connectivity index (χ2n) is 5.09. The maximum atomic E-state index is 13.7. The highest BCUT2D eigenvalue weighted by molar-refractivity contribution is 5.20. The van der Waals surface area contributed by atoms with Crippen LogP contribution in [0, 0.1) is 17.6 Å². The van der Waals surface area contributed by atoms with Crippen molar-refractivity contribution in [3.63, 3.8) is 0 Å². The molecule has 4 heteroatoms. The Kier molecular flexibility index (Phi) is 4.88. The molecule has 1 aromatic carbocycles. The summed E-state index contributed by atoms with van der Waals surface area (Å²) in [6, 6.07) is 3.82. The number of rotatable bonds is 7. The van der Waals surface area contributed by atoms with Crippen LogP contribution in [0.1, 0.15) is 25.3 Å². The summed E-state index contributed by atoms with van der Waals surface area (Å²) in [5.41, 5.74) is 0.533. The summed E-state index contributed by atoms with van der Waals surface area (Å²) in [4.78, 5) is 0. The number of likely N-dealkylation sites (N-methyl/N-ethyl adjacent to an activating group) is 1. The first-order chi connectivity index (χ1) is 9.15. The number of halogens is 2. The fraction of sp³-hybridized carbons (Fsp3) is 0.600. The predicted molar refractivity (Wildman–Crippen MR) is 71.0 cm³/mol. The van der Waals surface area contributed by atoms with Crippen molar-refractivity contribution in [2.75, 3.05) is 13.7 Å². The van der Waals surface area contributed by atoms with Gasteiger partial charge in [0.1, 0.15) is 11.6 Å². The van der Waals surface area contributed by atoms with Crippen molar-refractivity contribution in [2.24, 2.45) is 5.92 Å². The van der Waals surface area contributed by atoms with E-state index in [0.29, 0.717) is 24.5 Å². The Labute approximate surface area is 113 Å². The Hall–Kier alpha value is -1.00. The van der Waals surface area contributed by atoms with Gasteiger partial charge < -0.3 is 10.1 Å². The Bertz CT molecular complexity index is 421.